The molecule has 0 saturated carbocycles. The molecule has 0 aliphatic carbocycles. The van der Waals surface area contributed by atoms with Crippen LogP contribution in [-0.4, -0.2) is 18.1 Å². The summed E-state index contributed by atoms with van der Waals surface area (Å²) in [5.74, 6) is -1.03. The SMILES string of the molecule is CNC(C)(C(=O)O)c1c(Cl)cccc1Cl. The minimum absolute atomic E-state index is 0.335. The number of hydrogen-bond donors (Lipinski definition) is 2. The Balaban J connectivity index is 3.42. The van der Waals surface area contributed by atoms with Crippen LogP contribution in [0.15, 0.2) is 18.2 Å². The van der Waals surface area contributed by atoms with Crippen LogP contribution in [0.3, 0.4) is 0 Å². The molecule has 0 amide bonds. The molecular weight excluding hydrogens is 237 g/mol. The Kier molecular flexibility index (Phi) is 3.60. The lowest BCUT2D eigenvalue weighted by molar-refractivity contribution is -0.144. The first-order chi connectivity index (χ1) is 6.93. The van der Waals surface area contributed by atoms with Gasteiger partial charge in [0.1, 0.15) is 5.54 Å². The van der Waals surface area contributed by atoms with Gasteiger partial charge in [0.05, 0.1) is 0 Å². The first-order valence-electron chi connectivity index (χ1n) is 4.30. The van der Waals surface area contributed by atoms with Crippen LogP contribution in [0.1, 0.15) is 12.5 Å². The van der Waals surface area contributed by atoms with Crippen LogP contribution in [0, 0.1) is 0 Å². The number of nitrogens with one attached hydrogen (secondary N) is 1. The molecule has 15 heavy (non-hydrogen) atoms. The molecule has 0 aliphatic rings. The molecule has 1 atom stereocenters. The van der Waals surface area contributed by atoms with Gasteiger partial charge in [0, 0.05) is 15.6 Å². The van der Waals surface area contributed by atoms with E-state index in [0.29, 0.717) is 15.6 Å². The Morgan fingerprint density at radius 3 is 2.20 bits per heavy atom. The Hall–Kier alpha value is -0.770. The molecule has 1 aromatic rings. The number of aliphatic carboxylic acids is 1. The Bertz CT molecular complexity index is 375. The highest BCUT2D eigenvalue weighted by Crippen LogP contribution is 2.34. The quantitative estimate of drug-likeness (QED) is 0.864. The fraction of sp³-hybridized carbons (Fsp3) is 0.300. The van der Waals surface area contributed by atoms with E-state index < -0.39 is 11.5 Å². The van der Waals surface area contributed by atoms with Gasteiger partial charge in [-0.05, 0) is 26.1 Å². The summed E-state index contributed by atoms with van der Waals surface area (Å²) in [4.78, 5) is 11.2. The molecule has 82 valence electrons. The van der Waals surface area contributed by atoms with Gasteiger partial charge in [-0.1, -0.05) is 29.3 Å². The van der Waals surface area contributed by atoms with Crippen molar-refractivity contribution in [3.8, 4) is 0 Å². The third-order valence-corrected chi connectivity index (χ3v) is 3.02. The van der Waals surface area contributed by atoms with Crippen molar-refractivity contribution in [2.45, 2.75) is 12.5 Å². The van der Waals surface area contributed by atoms with Crippen molar-refractivity contribution >= 4 is 29.2 Å². The summed E-state index contributed by atoms with van der Waals surface area (Å²) in [6.45, 7) is 1.52. The maximum atomic E-state index is 11.2. The van der Waals surface area contributed by atoms with Crippen LogP contribution in [0.5, 0.6) is 0 Å². The van der Waals surface area contributed by atoms with E-state index in [1.165, 1.54) is 6.92 Å². The number of benzene rings is 1. The number of rotatable bonds is 3. The van der Waals surface area contributed by atoms with Crippen LogP contribution < -0.4 is 5.32 Å². The zero-order chi connectivity index (χ0) is 11.6. The Morgan fingerprint density at radius 2 is 1.87 bits per heavy atom. The van der Waals surface area contributed by atoms with Crippen molar-refractivity contribution in [2.24, 2.45) is 0 Å². The Morgan fingerprint density at radius 1 is 1.40 bits per heavy atom. The summed E-state index contributed by atoms with van der Waals surface area (Å²) in [5.41, 5.74) is -0.904. The minimum atomic E-state index is -1.28. The van der Waals surface area contributed by atoms with Gasteiger partial charge in [-0.2, -0.15) is 0 Å². The summed E-state index contributed by atoms with van der Waals surface area (Å²) in [7, 11) is 1.55. The normalized spacial score (nSPS) is 14.7. The summed E-state index contributed by atoms with van der Waals surface area (Å²) >= 11 is 11.9. The average Bonchev–Trinajstić information content (AvgIpc) is 2.16. The van der Waals surface area contributed by atoms with E-state index in [0.717, 1.165) is 0 Å². The number of halogens is 2. The number of hydrogen-bond acceptors (Lipinski definition) is 2. The summed E-state index contributed by atoms with van der Waals surface area (Å²) < 4.78 is 0. The average molecular weight is 248 g/mol. The van der Waals surface area contributed by atoms with E-state index in [1.54, 1.807) is 25.2 Å². The van der Waals surface area contributed by atoms with Crippen molar-refractivity contribution in [1.82, 2.24) is 5.32 Å². The topological polar surface area (TPSA) is 49.3 Å². The van der Waals surface area contributed by atoms with Gasteiger partial charge in [0.2, 0.25) is 0 Å². The highest BCUT2D eigenvalue weighted by atomic mass is 35.5. The van der Waals surface area contributed by atoms with Crippen molar-refractivity contribution in [3.63, 3.8) is 0 Å². The fourth-order valence-corrected chi connectivity index (χ4v) is 2.09. The van der Waals surface area contributed by atoms with Crippen LogP contribution in [0.2, 0.25) is 10.0 Å². The largest absolute Gasteiger partial charge is 0.480 e. The molecule has 1 unspecified atom stereocenters. The molecule has 0 heterocycles. The fourth-order valence-electron chi connectivity index (χ4n) is 1.31. The minimum Gasteiger partial charge on any atom is -0.480 e. The van der Waals surface area contributed by atoms with Crippen LogP contribution in [-0.2, 0) is 10.3 Å². The van der Waals surface area contributed by atoms with Crippen molar-refractivity contribution in [1.29, 1.82) is 0 Å². The standard InChI is InChI=1S/C10H11Cl2NO2/c1-10(13-2,9(14)15)8-6(11)4-3-5-7(8)12/h3-5,13H,1-2H3,(H,14,15). The summed E-state index contributed by atoms with van der Waals surface area (Å²) in [6.07, 6.45) is 0. The maximum Gasteiger partial charge on any atom is 0.328 e. The molecule has 3 nitrogen and oxygen atoms in total. The molecule has 0 fully saturated rings. The number of carboxylic acid groups (broad SMARTS) is 1. The van der Waals surface area contributed by atoms with E-state index >= 15 is 0 Å². The second kappa shape index (κ2) is 4.39. The lowest BCUT2D eigenvalue weighted by Crippen LogP contribution is -2.45. The number of likely N-dealkylation sites (N-methyl/N-ethyl adjacent to an activating group) is 1. The van der Waals surface area contributed by atoms with E-state index in [2.05, 4.69) is 5.32 Å². The molecule has 5 heteroatoms. The van der Waals surface area contributed by atoms with E-state index in [4.69, 9.17) is 28.3 Å². The molecule has 0 saturated heterocycles. The van der Waals surface area contributed by atoms with E-state index in [1.807, 2.05) is 0 Å². The molecule has 0 bridgehead atoms. The summed E-state index contributed by atoms with van der Waals surface area (Å²) in [6, 6.07) is 4.90. The summed E-state index contributed by atoms with van der Waals surface area (Å²) in [5, 5.41) is 12.5. The van der Waals surface area contributed by atoms with E-state index in [-0.39, 0.29) is 0 Å². The molecule has 0 radical (unpaired) electrons. The zero-order valence-corrected chi connectivity index (χ0v) is 9.86. The third kappa shape index (κ3) is 2.09. The maximum absolute atomic E-state index is 11.2. The van der Waals surface area contributed by atoms with E-state index in [9.17, 15) is 4.79 Å². The highest BCUT2D eigenvalue weighted by molar-refractivity contribution is 6.36. The molecule has 2 N–H and O–H groups in total. The second-order valence-corrected chi connectivity index (χ2v) is 4.09. The second-order valence-electron chi connectivity index (χ2n) is 3.28. The van der Waals surface area contributed by atoms with Crippen molar-refractivity contribution in [2.75, 3.05) is 7.05 Å². The number of carboxylic acids is 1. The molecule has 0 aliphatic heterocycles. The van der Waals surface area contributed by atoms with Gasteiger partial charge in [0.15, 0.2) is 0 Å². The lowest BCUT2D eigenvalue weighted by Gasteiger charge is -2.26. The van der Waals surface area contributed by atoms with Gasteiger partial charge in [0.25, 0.3) is 0 Å². The molecular formula is C10H11Cl2NO2. The molecule has 0 aromatic heterocycles. The van der Waals surface area contributed by atoms with Crippen LogP contribution >= 0.6 is 23.2 Å². The van der Waals surface area contributed by atoms with Crippen LogP contribution in [0.4, 0.5) is 0 Å². The van der Waals surface area contributed by atoms with Gasteiger partial charge < -0.3 is 10.4 Å². The predicted molar refractivity (Wildman–Crippen MR) is 60.5 cm³/mol. The predicted octanol–water partition coefficient (Wildman–Crippen LogP) is 2.51. The Labute approximate surface area is 98.0 Å². The van der Waals surface area contributed by atoms with Crippen LogP contribution in [0.25, 0.3) is 0 Å². The van der Waals surface area contributed by atoms with Gasteiger partial charge >= 0.3 is 5.97 Å². The lowest BCUT2D eigenvalue weighted by atomic mass is 9.92. The highest BCUT2D eigenvalue weighted by Gasteiger charge is 2.37. The zero-order valence-electron chi connectivity index (χ0n) is 8.34. The smallest absolute Gasteiger partial charge is 0.328 e. The first-order valence-corrected chi connectivity index (χ1v) is 5.06. The van der Waals surface area contributed by atoms with Gasteiger partial charge in [-0.25, -0.2) is 4.79 Å². The van der Waals surface area contributed by atoms with Gasteiger partial charge in [-0.15, -0.1) is 0 Å². The molecule has 0 spiro atoms. The van der Waals surface area contributed by atoms with Crippen molar-refractivity contribution < 1.29 is 9.90 Å². The number of carbonyl (C=O) groups is 1. The molecule has 1 aromatic carbocycles. The molecule has 1 rings (SSSR count). The van der Waals surface area contributed by atoms with Gasteiger partial charge in [-0.3, -0.25) is 0 Å². The monoisotopic (exact) mass is 247 g/mol. The third-order valence-electron chi connectivity index (χ3n) is 2.39. The first kappa shape index (κ1) is 12.3. The van der Waals surface area contributed by atoms with Crippen molar-refractivity contribution in [3.05, 3.63) is 33.8 Å².